The predicted molar refractivity (Wildman–Crippen MR) is 92.8 cm³/mol. The summed E-state index contributed by atoms with van der Waals surface area (Å²) in [5, 5.41) is 0. The van der Waals surface area contributed by atoms with Gasteiger partial charge in [0.2, 0.25) is 5.60 Å². The third-order valence-electron chi connectivity index (χ3n) is 3.88. The largest absolute Gasteiger partial charge is 0.476 e. The zero-order valence-electron chi connectivity index (χ0n) is 15.9. The molecule has 10 heteroatoms. The van der Waals surface area contributed by atoms with Crippen LogP contribution >= 0.6 is 0 Å². The van der Waals surface area contributed by atoms with Crippen molar-refractivity contribution in [3.05, 3.63) is 47.9 Å². The van der Waals surface area contributed by atoms with Crippen LogP contribution in [0.5, 0.6) is 17.4 Å². The molecule has 0 bridgehead atoms. The lowest BCUT2D eigenvalue weighted by Gasteiger charge is -2.26. The topological polar surface area (TPSA) is 66.9 Å². The maximum atomic E-state index is 13.8. The smallest absolute Gasteiger partial charge is 0.417 e. The molecule has 0 N–H and O–H groups in total. The summed E-state index contributed by atoms with van der Waals surface area (Å²) in [6, 6.07) is 5.96. The first kappa shape index (κ1) is 22.4. The SMILES string of the molecule is CCOOC(=O)C(C)(CC)Oc1ccc(Oc2ncc(C(F)(F)F)cc2F)cc1. The Kier molecular flexibility index (Phi) is 7.02. The Hall–Kier alpha value is -2.88. The van der Waals surface area contributed by atoms with E-state index < -0.39 is 35.0 Å². The molecule has 1 aromatic heterocycles. The Morgan fingerprint density at radius 1 is 1.10 bits per heavy atom. The molecule has 1 atom stereocenters. The van der Waals surface area contributed by atoms with Crippen LogP contribution in [0.15, 0.2) is 36.5 Å². The fourth-order valence-corrected chi connectivity index (χ4v) is 2.06. The summed E-state index contributed by atoms with van der Waals surface area (Å²) in [5.41, 5.74) is -2.53. The molecule has 1 unspecified atom stereocenters. The normalized spacial score (nSPS) is 13.5. The van der Waals surface area contributed by atoms with E-state index in [0.717, 1.165) is 0 Å². The van der Waals surface area contributed by atoms with Crippen LogP contribution < -0.4 is 9.47 Å². The Balaban J connectivity index is 2.09. The summed E-state index contributed by atoms with van der Waals surface area (Å²) in [6.45, 7) is 5.10. The first-order chi connectivity index (χ1) is 13.6. The van der Waals surface area contributed by atoms with Crippen molar-refractivity contribution in [1.82, 2.24) is 4.98 Å². The molecule has 6 nitrogen and oxygen atoms in total. The number of hydrogen-bond donors (Lipinski definition) is 0. The molecule has 29 heavy (non-hydrogen) atoms. The van der Waals surface area contributed by atoms with Gasteiger partial charge in [0.05, 0.1) is 12.2 Å². The van der Waals surface area contributed by atoms with Crippen molar-refractivity contribution in [2.45, 2.75) is 39.0 Å². The molecule has 0 aliphatic heterocycles. The van der Waals surface area contributed by atoms with Gasteiger partial charge in [0.25, 0.3) is 5.88 Å². The highest BCUT2D eigenvalue weighted by Crippen LogP contribution is 2.32. The maximum Gasteiger partial charge on any atom is 0.417 e. The monoisotopic (exact) mass is 417 g/mol. The van der Waals surface area contributed by atoms with E-state index in [0.29, 0.717) is 12.3 Å². The summed E-state index contributed by atoms with van der Waals surface area (Å²) in [5.74, 6) is -2.17. The van der Waals surface area contributed by atoms with E-state index in [1.165, 1.54) is 31.2 Å². The Labute approximate surface area is 164 Å². The van der Waals surface area contributed by atoms with Crippen LogP contribution in [0.25, 0.3) is 0 Å². The van der Waals surface area contributed by atoms with Gasteiger partial charge in [0.15, 0.2) is 5.82 Å². The molecule has 1 heterocycles. The molecule has 0 saturated heterocycles. The molecule has 1 aromatic carbocycles. The van der Waals surface area contributed by atoms with Crippen molar-refractivity contribution in [2.24, 2.45) is 0 Å². The average Bonchev–Trinajstić information content (AvgIpc) is 2.68. The van der Waals surface area contributed by atoms with Gasteiger partial charge in [-0.15, -0.1) is 0 Å². The van der Waals surface area contributed by atoms with Gasteiger partial charge in [-0.05, 0) is 50.6 Å². The number of hydrogen-bond acceptors (Lipinski definition) is 6. The van der Waals surface area contributed by atoms with Crippen molar-refractivity contribution in [2.75, 3.05) is 6.61 Å². The molecule has 0 aliphatic carbocycles. The molecule has 0 spiro atoms. The van der Waals surface area contributed by atoms with Crippen LogP contribution in [0.4, 0.5) is 17.6 Å². The number of benzene rings is 1. The molecule has 2 rings (SSSR count). The lowest BCUT2D eigenvalue weighted by molar-refractivity contribution is -0.280. The Morgan fingerprint density at radius 2 is 1.72 bits per heavy atom. The highest BCUT2D eigenvalue weighted by molar-refractivity contribution is 5.79. The van der Waals surface area contributed by atoms with Gasteiger partial charge in [0, 0.05) is 6.20 Å². The van der Waals surface area contributed by atoms with E-state index in [4.69, 9.17) is 9.47 Å². The fraction of sp³-hybridized carbons (Fsp3) is 0.368. The average molecular weight is 417 g/mol. The molecule has 0 amide bonds. The number of nitrogens with zero attached hydrogens (tertiary/aromatic N) is 1. The number of pyridine rings is 1. The van der Waals surface area contributed by atoms with Crippen LogP contribution in [-0.4, -0.2) is 23.2 Å². The second kappa shape index (κ2) is 9.08. The molecular weight excluding hydrogens is 398 g/mol. The van der Waals surface area contributed by atoms with Crippen LogP contribution in [0.3, 0.4) is 0 Å². The predicted octanol–water partition coefficient (Wildman–Crippen LogP) is 5.07. The third kappa shape index (κ3) is 5.80. The van der Waals surface area contributed by atoms with Crippen molar-refractivity contribution in [3.63, 3.8) is 0 Å². The fourth-order valence-electron chi connectivity index (χ4n) is 2.06. The number of alkyl halides is 3. The van der Waals surface area contributed by atoms with E-state index >= 15 is 0 Å². The minimum Gasteiger partial charge on any atom is -0.476 e. The second-order valence-corrected chi connectivity index (χ2v) is 6.05. The molecule has 0 aliphatic rings. The minimum atomic E-state index is -4.71. The van der Waals surface area contributed by atoms with Gasteiger partial charge in [-0.3, -0.25) is 4.89 Å². The summed E-state index contributed by atoms with van der Waals surface area (Å²) in [7, 11) is 0. The molecule has 2 aromatic rings. The summed E-state index contributed by atoms with van der Waals surface area (Å²) >= 11 is 0. The molecule has 0 saturated carbocycles. The first-order valence-corrected chi connectivity index (χ1v) is 8.62. The Bertz CT molecular complexity index is 841. The third-order valence-corrected chi connectivity index (χ3v) is 3.88. The molecule has 0 fully saturated rings. The van der Waals surface area contributed by atoms with Crippen LogP contribution in [0.2, 0.25) is 0 Å². The quantitative estimate of drug-likeness (QED) is 0.339. The van der Waals surface area contributed by atoms with E-state index in [1.54, 1.807) is 13.8 Å². The highest BCUT2D eigenvalue weighted by atomic mass is 19.4. The summed E-state index contributed by atoms with van der Waals surface area (Å²) in [6.07, 6.45) is -3.94. The lowest BCUT2D eigenvalue weighted by Crippen LogP contribution is -2.42. The zero-order valence-corrected chi connectivity index (χ0v) is 15.9. The van der Waals surface area contributed by atoms with Gasteiger partial charge < -0.3 is 9.47 Å². The number of carbonyl (C=O) groups excluding carboxylic acids is 1. The molecule has 158 valence electrons. The van der Waals surface area contributed by atoms with Gasteiger partial charge in [-0.2, -0.15) is 18.1 Å². The van der Waals surface area contributed by atoms with Gasteiger partial charge in [-0.1, -0.05) is 6.92 Å². The first-order valence-electron chi connectivity index (χ1n) is 8.62. The van der Waals surface area contributed by atoms with Crippen LogP contribution in [-0.2, 0) is 20.7 Å². The molecule has 0 radical (unpaired) electrons. The van der Waals surface area contributed by atoms with Crippen LogP contribution in [0.1, 0.15) is 32.8 Å². The van der Waals surface area contributed by atoms with Crippen LogP contribution in [0, 0.1) is 5.82 Å². The number of halogens is 4. The van der Waals surface area contributed by atoms with Gasteiger partial charge in [0.1, 0.15) is 11.5 Å². The van der Waals surface area contributed by atoms with Gasteiger partial charge >= 0.3 is 12.1 Å². The summed E-state index contributed by atoms with van der Waals surface area (Å²) < 4.78 is 62.3. The number of rotatable bonds is 8. The molecular formula is C19H19F4NO5. The highest BCUT2D eigenvalue weighted by Gasteiger charge is 2.37. The van der Waals surface area contributed by atoms with Gasteiger partial charge in [-0.25, -0.2) is 14.2 Å². The number of carbonyl (C=O) groups is 1. The van der Waals surface area contributed by atoms with Crippen molar-refractivity contribution in [3.8, 4) is 17.4 Å². The minimum absolute atomic E-state index is 0.110. The maximum absolute atomic E-state index is 13.8. The standard InChI is InChI=1S/C19H19F4NO5/c1-4-18(3,17(25)29-26-5-2)28-14-8-6-13(7-9-14)27-16-15(20)10-12(11-24-16)19(21,22)23/h6-11H,4-5H2,1-3H3. The van der Waals surface area contributed by atoms with E-state index in [2.05, 4.69) is 14.8 Å². The van der Waals surface area contributed by atoms with Crippen molar-refractivity contribution < 1.29 is 41.6 Å². The second-order valence-electron chi connectivity index (χ2n) is 6.05. The summed E-state index contributed by atoms with van der Waals surface area (Å²) in [4.78, 5) is 24.7. The Morgan fingerprint density at radius 3 is 2.24 bits per heavy atom. The number of aromatic nitrogens is 1. The number of ether oxygens (including phenoxy) is 2. The zero-order chi connectivity index (χ0) is 21.7. The van der Waals surface area contributed by atoms with E-state index in [9.17, 15) is 22.4 Å². The van der Waals surface area contributed by atoms with Crippen molar-refractivity contribution in [1.29, 1.82) is 0 Å². The van der Waals surface area contributed by atoms with E-state index in [1.807, 2.05) is 0 Å². The lowest BCUT2D eigenvalue weighted by atomic mass is 10.0. The van der Waals surface area contributed by atoms with E-state index in [-0.39, 0.29) is 24.5 Å². The van der Waals surface area contributed by atoms with Crippen molar-refractivity contribution >= 4 is 5.97 Å².